The Labute approximate surface area is 118 Å². The molecule has 2 rings (SSSR count). The normalized spacial score (nSPS) is 11.8. The molecule has 0 amide bonds. The zero-order valence-electron chi connectivity index (χ0n) is 10.7. The van der Waals surface area contributed by atoms with Crippen LogP contribution in [0.2, 0.25) is 0 Å². The van der Waals surface area contributed by atoms with Gasteiger partial charge in [-0.15, -0.1) is 0 Å². The molecule has 0 aliphatic carbocycles. The van der Waals surface area contributed by atoms with Gasteiger partial charge in [0.25, 0.3) is 0 Å². The van der Waals surface area contributed by atoms with Crippen molar-refractivity contribution in [3.8, 4) is 0 Å². The maximum absolute atomic E-state index is 13.2. The van der Waals surface area contributed by atoms with Crippen molar-refractivity contribution in [3.63, 3.8) is 0 Å². The molecule has 0 unspecified atom stereocenters. The van der Waals surface area contributed by atoms with E-state index in [1.165, 1.54) is 0 Å². The van der Waals surface area contributed by atoms with E-state index in [2.05, 4.69) is 5.32 Å². The lowest BCUT2D eigenvalue weighted by atomic mass is 10.1. The summed E-state index contributed by atoms with van der Waals surface area (Å²) in [5.41, 5.74) is 1.56. The van der Waals surface area contributed by atoms with Gasteiger partial charge in [0.1, 0.15) is 5.82 Å². The van der Waals surface area contributed by atoms with E-state index < -0.39 is 17.6 Å². The molecule has 1 aromatic heterocycles. The van der Waals surface area contributed by atoms with Gasteiger partial charge >= 0.3 is 6.18 Å². The van der Waals surface area contributed by atoms with Crippen LogP contribution in [0, 0.1) is 12.7 Å². The number of hydrogen-bond donors (Lipinski definition) is 1. The fourth-order valence-corrected chi connectivity index (χ4v) is 2.68. The lowest BCUT2D eigenvalue weighted by Gasteiger charge is -2.10. The molecule has 0 radical (unpaired) electrons. The highest BCUT2D eigenvalue weighted by molar-refractivity contribution is 7.08. The topological polar surface area (TPSA) is 12.0 Å². The van der Waals surface area contributed by atoms with Crippen LogP contribution in [0.15, 0.2) is 29.0 Å². The van der Waals surface area contributed by atoms with E-state index in [-0.39, 0.29) is 12.1 Å². The van der Waals surface area contributed by atoms with Gasteiger partial charge in [0.2, 0.25) is 0 Å². The van der Waals surface area contributed by atoms with E-state index in [4.69, 9.17) is 0 Å². The molecule has 0 saturated carbocycles. The maximum atomic E-state index is 13.2. The van der Waals surface area contributed by atoms with Crippen LogP contribution in [-0.4, -0.2) is 0 Å². The van der Waals surface area contributed by atoms with Crippen molar-refractivity contribution < 1.29 is 17.6 Å². The first-order chi connectivity index (χ1) is 9.36. The molecule has 0 spiro atoms. The Morgan fingerprint density at radius 1 is 1.10 bits per heavy atom. The Kier molecular flexibility index (Phi) is 4.45. The molecule has 0 aliphatic heterocycles. The van der Waals surface area contributed by atoms with Gasteiger partial charge in [-0.3, -0.25) is 0 Å². The smallest absolute Gasteiger partial charge is 0.309 e. The molecule has 0 saturated heterocycles. The van der Waals surface area contributed by atoms with Gasteiger partial charge in [0.05, 0.1) is 5.56 Å². The van der Waals surface area contributed by atoms with E-state index in [1.807, 2.05) is 17.7 Å². The number of nitrogens with one attached hydrogen (secondary N) is 1. The molecule has 2 aromatic rings. The van der Waals surface area contributed by atoms with E-state index in [0.29, 0.717) is 12.6 Å². The standard InChI is InChI=1S/C14H13F4NS/c1-9-7-20-8-11(9)6-19-5-10-2-12(14(16,17)18)4-13(15)3-10/h2-4,7-8,19H,5-6H2,1H3. The highest BCUT2D eigenvalue weighted by Crippen LogP contribution is 2.30. The van der Waals surface area contributed by atoms with Crippen molar-refractivity contribution in [1.82, 2.24) is 5.32 Å². The summed E-state index contributed by atoms with van der Waals surface area (Å²) in [6.07, 6.45) is -4.53. The van der Waals surface area contributed by atoms with Crippen LogP contribution in [0.5, 0.6) is 0 Å². The van der Waals surface area contributed by atoms with Crippen molar-refractivity contribution >= 4 is 11.3 Å². The second kappa shape index (κ2) is 5.93. The molecule has 20 heavy (non-hydrogen) atoms. The van der Waals surface area contributed by atoms with Crippen LogP contribution >= 0.6 is 11.3 Å². The molecule has 0 aliphatic rings. The maximum Gasteiger partial charge on any atom is 0.416 e. The average Bonchev–Trinajstić information content (AvgIpc) is 2.73. The lowest BCUT2D eigenvalue weighted by Crippen LogP contribution is -2.14. The predicted octanol–water partition coefficient (Wildman–Crippen LogP) is 4.50. The first-order valence-corrected chi connectivity index (χ1v) is 6.89. The fraction of sp³-hybridized carbons (Fsp3) is 0.286. The van der Waals surface area contributed by atoms with Crippen LogP contribution < -0.4 is 5.32 Å². The largest absolute Gasteiger partial charge is 0.416 e. The molecule has 0 atom stereocenters. The van der Waals surface area contributed by atoms with Gasteiger partial charge < -0.3 is 5.32 Å². The zero-order valence-corrected chi connectivity index (χ0v) is 11.5. The molecule has 6 heteroatoms. The highest BCUT2D eigenvalue weighted by atomic mass is 32.1. The molecule has 0 bridgehead atoms. The van der Waals surface area contributed by atoms with Crippen molar-refractivity contribution in [2.45, 2.75) is 26.2 Å². The Morgan fingerprint density at radius 3 is 2.45 bits per heavy atom. The van der Waals surface area contributed by atoms with E-state index in [9.17, 15) is 17.6 Å². The summed E-state index contributed by atoms with van der Waals surface area (Å²) < 4.78 is 50.9. The van der Waals surface area contributed by atoms with Gasteiger partial charge in [-0.1, -0.05) is 0 Å². The van der Waals surface area contributed by atoms with E-state index in [0.717, 1.165) is 23.3 Å². The number of aryl methyl sites for hydroxylation is 1. The van der Waals surface area contributed by atoms with Gasteiger partial charge in [-0.25, -0.2) is 4.39 Å². The number of thiophene rings is 1. The first-order valence-electron chi connectivity index (χ1n) is 5.95. The second-order valence-electron chi connectivity index (χ2n) is 4.53. The van der Waals surface area contributed by atoms with E-state index >= 15 is 0 Å². The number of rotatable bonds is 4. The third-order valence-corrected chi connectivity index (χ3v) is 3.80. The quantitative estimate of drug-likeness (QED) is 0.820. The minimum atomic E-state index is -4.53. The van der Waals surface area contributed by atoms with Crippen molar-refractivity contribution in [1.29, 1.82) is 0 Å². The van der Waals surface area contributed by atoms with Crippen LogP contribution in [0.25, 0.3) is 0 Å². The minimum Gasteiger partial charge on any atom is -0.309 e. The Morgan fingerprint density at radius 2 is 1.85 bits per heavy atom. The molecule has 1 aromatic carbocycles. The summed E-state index contributed by atoms with van der Waals surface area (Å²) in [4.78, 5) is 0. The first kappa shape index (κ1) is 15.0. The molecule has 0 fully saturated rings. The number of alkyl halides is 3. The number of benzene rings is 1. The molecule has 1 N–H and O–H groups in total. The number of halogens is 4. The summed E-state index contributed by atoms with van der Waals surface area (Å²) in [5.74, 6) is -0.872. The van der Waals surface area contributed by atoms with Gasteiger partial charge in [0, 0.05) is 13.1 Å². The second-order valence-corrected chi connectivity index (χ2v) is 5.27. The predicted molar refractivity (Wildman–Crippen MR) is 71.0 cm³/mol. The minimum absolute atomic E-state index is 0.191. The van der Waals surface area contributed by atoms with Crippen LogP contribution in [0.4, 0.5) is 17.6 Å². The summed E-state index contributed by atoms with van der Waals surface area (Å²) in [7, 11) is 0. The van der Waals surface area contributed by atoms with Crippen LogP contribution in [-0.2, 0) is 19.3 Å². The van der Waals surface area contributed by atoms with Gasteiger partial charge in [-0.2, -0.15) is 24.5 Å². The Balaban J connectivity index is 2.03. The molecule has 1 heterocycles. The van der Waals surface area contributed by atoms with Gasteiger partial charge in [-0.05, 0) is 52.6 Å². The summed E-state index contributed by atoms with van der Waals surface area (Å²) >= 11 is 1.57. The SMILES string of the molecule is Cc1cscc1CNCc1cc(F)cc(C(F)(F)F)c1. The monoisotopic (exact) mass is 303 g/mol. The summed E-state index contributed by atoms with van der Waals surface area (Å²) in [5, 5.41) is 7.01. The summed E-state index contributed by atoms with van der Waals surface area (Å²) in [6.45, 7) is 2.71. The van der Waals surface area contributed by atoms with Crippen LogP contribution in [0.1, 0.15) is 22.3 Å². The molecular weight excluding hydrogens is 290 g/mol. The average molecular weight is 303 g/mol. The van der Waals surface area contributed by atoms with Crippen LogP contribution in [0.3, 0.4) is 0 Å². The highest BCUT2D eigenvalue weighted by Gasteiger charge is 2.31. The molecule has 1 nitrogen and oxygen atoms in total. The Bertz CT molecular complexity index is 589. The van der Waals surface area contributed by atoms with Gasteiger partial charge in [0.15, 0.2) is 0 Å². The third kappa shape index (κ3) is 3.80. The number of hydrogen-bond acceptors (Lipinski definition) is 2. The zero-order chi connectivity index (χ0) is 14.8. The lowest BCUT2D eigenvalue weighted by molar-refractivity contribution is -0.137. The van der Waals surface area contributed by atoms with Crippen molar-refractivity contribution in [3.05, 3.63) is 57.0 Å². The van der Waals surface area contributed by atoms with Crippen molar-refractivity contribution in [2.75, 3.05) is 0 Å². The Hall–Kier alpha value is -1.40. The third-order valence-electron chi connectivity index (χ3n) is 2.89. The van der Waals surface area contributed by atoms with E-state index in [1.54, 1.807) is 11.3 Å². The fourth-order valence-electron chi connectivity index (χ4n) is 1.83. The molecular formula is C14H13F4NS. The summed E-state index contributed by atoms with van der Waals surface area (Å²) in [6, 6.07) is 2.59. The van der Waals surface area contributed by atoms with Crippen molar-refractivity contribution in [2.24, 2.45) is 0 Å². The molecule has 108 valence electrons.